The molecule has 0 aliphatic rings. The molecule has 0 bridgehead atoms. The normalized spacial score (nSPS) is 11.9. The van der Waals surface area contributed by atoms with Gasteiger partial charge in [0.1, 0.15) is 11.9 Å². The van der Waals surface area contributed by atoms with E-state index in [0.29, 0.717) is 12.8 Å². The van der Waals surface area contributed by atoms with Gasteiger partial charge in [-0.05, 0) is 24.6 Å². The van der Waals surface area contributed by atoms with Crippen molar-refractivity contribution in [3.8, 4) is 0 Å². The number of carboxylic acids is 1. The summed E-state index contributed by atoms with van der Waals surface area (Å²) in [5, 5.41) is 11.4. The van der Waals surface area contributed by atoms with Crippen LogP contribution in [0, 0.1) is 5.82 Å². The summed E-state index contributed by atoms with van der Waals surface area (Å²) in [7, 11) is 0. The van der Waals surface area contributed by atoms with E-state index in [4.69, 9.17) is 10.8 Å². The van der Waals surface area contributed by atoms with Crippen molar-refractivity contribution in [2.75, 3.05) is 5.73 Å². The first-order chi connectivity index (χ1) is 8.95. The Bertz CT molecular complexity index is 477. The second kappa shape index (κ2) is 6.72. The zero-order valence-electron chi connectivity index (χ0n) is 10.6. The summed E-state index contributed by atoms with van der Waals surface area (Å²) in [5.41, 5.74) is 5.35. The molecule has 1 aromatic rings. The molecular formula is C13H17FN2O3. The Kier molecular flexibility index (Phi) is 5.29. The Balaban J connectivity index is 2.75. The highest BCUT2D eigenvalue weighted by Crippen LogP contribution is 2.12. The van der Waals surface area contributed by atoms with Gasteiger partial charge in [0, 0.05) is 5.56 Å². The highest BCUT2D eigenvalue weighted by Gasteiger charge is 2.20. The second-order valence-electron chi connectivity index (χ2n) is 4.24. The summed E-state index contributed by atoms with van der Waals surface area (Å²) >= 11 is 0. The van der Waals surface area contributed by atoms with Gasteiger partial charge in [-0.2, -0.15) is 0 Å². The number of halogens is 1. The van der Waals surface area contributed by atoms with Crippen LogP contribution in [0.2, 0.25) is 0 Å². The number of amides is 1. The molecule has 0 saturated carbocycles. The largest absolute Gasteiger partial charge is 0.480 e. The Morgan fingerprint density at radius 1 is 1.47 bits per heavy atom. The van der Waals surface area contributed by atoms with Crippen LogP contribution in [-0.4, -0.2) is 23.0 Å². The number of aliphatic carboxylic acids is 1. The monoisotopic (exact) mass is 268 g/mol. The molecule has 104 valence electrons. The number of anilines is 1. The average molecular weight is 268 g/mol. The maximum Gasteiger partial charge on any atom is 0.326 e. The minimum Gasteiger partial charge on any atom is -0.480 e. The topological polar surface area (TPSA) is 92.4 Å². The summed E-state index contributed by atoms with van der Waals surface area (Å²) in [5.74, 6) is -2.27. The van der Waals surface area contributed by atoms with Gasteiger partial charge >= 0.3 is 5.97 Å². The number of benzene rings is 1. The van der Waals surface area contributed by atoms with Gasteiger partial charge in [0.2, 0.25) is 0 Å². The van der Waals surface area contributed by atoms with Crippen molar-refractivity contribution in [3.63, 3.8) is 0 Å². The maximum absolute atomic E-state index is 13.0. The fourth-order valence-electron chi connectivity index (χ4n) is 1.59. The van der Waals surface area contributed by atoms with Crippen LogP contribution in [0.1, 0.15) is 36.5 Å². The van der Waals surface area contributed by atoms with Crippen molar-refractivity contribution in [1.82, 2.24) is 5.32 Å². The minimum atomic E-state index is -1.09. The van der Waals surface area contributed by atoms with E-state index in [2.05, 4.69) is 5.32 Å². The molecule has 1 aromatic carbocycles. The molecule has 0 heterocycles. The van der Waals surface area contributed by atoms with Crippen LogP contribution in [0.15, 0.2) is 18.2 Å². The number of carbonyl (C=O) groups excluding carboxylic acids is 1. The lowest BCUT2D eigenvalue weighted by Crippen LogP contribution is -2.40. The first-order valence-corrected chi connectivity index (χ1v) is 6.04. The molecule has 5 nitrogen and oxygen atoms in total. The summed E-state index contributed by atoms with van der Waals surface area (Å²) in [4.78, 5) is 22.8. The van der Waals surface area contributed by atoms with Crippen LogP contribution in [0.3, 0.4) is 0 Å². The predicted octanol–water partition coefficient (Wildman–Crippen LogP) is 1.78. The lowest BCUT2D eigenvalue weighted by atomic mass is 10.1. The number of nitrogen functional groups attached to an aromatic ring is 1. The molecule has 1 rings (SSSR count). The molecule has 1 amide bonds. The second-order valence-corrected chi connectivity index (χ2v) is 4.24. The van der Waals surface area contributed by atoms with Crippen LogP contribution in [0.5, 0.6) is 0 Å². The fourth-order valence-corrected chi connectivity index (χ4v) is 1.59. The van der Waals surface area contributed by atoms with E-state index in [1.807, 2.05) is 6.92 Å². The third-order valence-electron chi connectivity index (χ3n) is 2.71. The first kappa shape index (κ1) is 14.9. The van der Waals surface area contributed by atoms with Gasteiger partial charge < -0.3 is 16.2 Å². The molecule has 1 atom stereocenters. The SMILES string of the molecule is CCCCC(NC(=O)c1ccc(F)c(N)c1)C(=O)O. The molecule has 0 radical (unpaired) electrons. The van der Waals surface area contributed by atoms with E-state index >= 15 is 0 Å². The molecule has 4 N–H and O–H groups in total. The number of carbonyl (C=O) groups is 2. The zero-order valence-corrected chi connectivity index (χ0v) is 10.6. The van der Waals surface area contributed by atoms with Crippen molar-refractivity contribution in [3.05, 3.63) is 29.6 Å². The number of nitrogens with one attached hydrogen (secondary N) is 1. The van der Waals surface area contributed by atoms with Crippen molar-refractivity contribution < 1.29 is 19.1 Å². The predicted molar refractivity (Wildman–Crippen MR) is 69.2 cm³/mol. The molecular weight excluding hydrogens is 251 g/mol. The number of unbranched alkanes of at least 4 members (excludes halogenated alkanes) is 1. The lowest BCUT2D eigenvalue weighted by Gasteiger charge is -2.14. The van der Waals surface area contributed by atoms with E-state index in [1.165, 1.54) is 12.1 Å². The molecule has 0 saturated heterocycles. The first-order valence-electron chi connectivity index (χ1n) is 6.04. The van der Waals surface area contributed by atoms with E-state index in [1.54, 1.807) is 0 Å². The molecule has 0 aliphatic heterocycles. The Hall–Kier alpha value is -2.11. The average Bonchev–Trinajstić information content (AvgIpc) is 2.37. The summed E-state index contributed by atoms with van der Waals surface area (Å²) in [6, 6.07) is 2.58. The van der Waals surface area contributed by atoms with Crippen molar-refractivity contribution >= 4 is 17.6 Å². The number of nitrogens with two attached hydrogens (primary N) is 1. The smallest absolute Gasteiger partial charge is 0.326 e. The highest BCUT2D eigenvalue weighted by molar-refractivity contribution is 5.97. The Labute approximate surface area is 110 Å². The molecule has 0 spiro atoms. The molecule has 0 aliphatic carbocycles. The summed E-state index contributed by atoms with van der Waals surface area (Å²) < 4.78 is 13.0. The van der Waals surface area contributed by atoms with Gasteiger partial charge in [-0.3, -0.25) is 4.79 Å². The fraction of sp³-hybridized carbons (Fsp3) is 0.385. The maximum atomic E-state index is 13.0. The van der Waals surface area contributed by atoms with Crippen LogP contribution in [-0.2, 0) is 4.79 Å². The van der Waals surface area contributed by atoms with Crippen molar-refractivity contribution in [2.45, 2.75) is 32.2 Å². The number of hydrogen-bond acceptors (Lipinski definition) is 3. The minimum absolute atomic E-state index is 0.140. The highest BCUT2D eigenvalue weighted by atomic mass is 19.1. The molecule has 19 heavy (non-hydrogen) atoms. The van der Waals surface area contributed by atoms with E-state index in [-0.39, 0.29) is 11.3 Å². The van der Waals surface area contributed by atoms with E-state index < -0.39 is 23.7 Å². The lowest BCUT2D eigenvalue weighted by molar-refractivity contribution is -0.139. The van der Waals surface area contributed by atoms with Gasteiger partial charge in [-0.15, -0.1) is 0 Å². The molecule has 0 aromatic heterocycles. The number of carboxylic acid groups (broad SMARTS) is 1. The van der Waals surface area contributed by atoms with E-state index in [9.17, 15) is 14.0 Å². The Morgan fingerprint density at radius 3 is 2.68 bits per heavy atom. The van der Waals surface area contributed by atoms with Gasteiger partial charge in [0.15, 0.2) is 0 Å². The van der Waals surface area contributed by atoms with Gasteiger partial charge in [0.25, 0.3) is 5.91 Å². The standard InChI is InChI=1S/C13H17FN2O3/c1-2-3-4-11(13(18)19)16-12(17)8-5-6-9(14)10(15)7-8/h5-7,11H,2-4,15H2,1H3,(H,16,17)(H,18,19). The van der Waals surface area contributed by atoms with Crippen LogP contribution >= 0.6 is 0 Å². The quantitative estimate of drug-likeness (QED) is 0.686. The van der Waals surface area contributed by atoms with Crippen molar-refractivity contribution in [2.24, 2.45) is 0 Å². The van der Waals surface area contributed by atoms with Crippen LogP contribution in [0.4, 0.5) is 10.1 Å². The van der Waals surface area contributed by atoms with Gasteiger partial charge in [0.05, 0.1) is 5.69 Å². The summed E-state index contributed by atoms with van der Waals surface area (Å²) in [6.07, 6.45) is 1.89. The zero-order chi connectivity index (χ0) is 14.4. The van der Waals surface area contributed by atoms with Crippen molar-refractivity contribution in [1.29, 1.82) is 0 Å². The molecule has 1 unspecified atom stereocenters. The molecule has 0 fully saturated rings. The summed E-state index contributed by atoms with van der Waals surface area (Å²) in [6.45, 7) is 1.93. The number of hydrogen-bond donors (Lipinski definition) is 3. The molecule has 6 heteroatoms. The third-order valence-corrected chi connectivity index (χ3v) is 2.71. The van der Waals surface area contributed by atoms with E-state index in [0.717, 1.165) is 12.5 Å². The van der Waals surface area contributed by atoms with Crippen LogP contribution < -0.4 is 11.1 Å². The number of rotatable bonds is 6. The Morgan fingerprint density at radius 2 is 2.16 bits per heavy atom. The third kappa shape index (κ3) is 4.24. The van der Waals surface area contributed by atoms with Gasteiger partial charge in [-0.25, -0.2) is 9.18 Å². The van der Waals surface area contributed by atoms with Gasteiger partial charge in [-0.1, -0.05) is 19.8 Å². The van der Waals surface area contributed by atoms with Crippen LogP contribution in [0.25, 0.3) is 0 Å².